The van der Waals surface area contributed by atoms with E-state index in [1.165, 1.54) is 0 Å². The maximum Gasteiger partial charge on any atom is 0.183 e. The van der Waals surface area contributed by atoms with Crippen LogP contribution in [0.15, 0.2) is 35.2 Å². The highest BCUT2D eigenvalue weighted by molar-refractivity contribution is 7.92. The molecule has 0 spiro atoms. The summed E-state index contributed by atoms with van der Waals surface area (Å²) in [5.41, 5.74) is -0.565. The minimum atomic E-state index is -3.48. The molecule has 1 aromatic rings. The van der Waals surface area contributed by atoms with Crippen LogP contribution in [0.4, 0.5) is 0 Å². The van der Waals surface area contributed by atoms with E-state index in [0.717, 1.165) is 25.8 Å². The number of hydrogen-bond acceptors (Lipinski definition) is 4. The third kappa shape index (κ3) is 2.28. The number of carbonyl (C=O) groups is 1. The smallest absolute Gasteiger partial charge is 0.183 e. The third-order valence-electron chi connectivity index (χ3n) is 6.46. The van der Waals surface area contributed by atoms with E-state index in [1.807, 2.05) is 6.07 Å². The van der Waals surface area contributed by atoms with E-state index in [2.05, 4.69) is 12.2 Å². The number of Topliss-reactive ketones (excluding diaryl/α,β-unsaturated/α-hetero) is 1. The lowest BCUT2D eigenvalue weighted by Crippen LogP contribution is -2.72. The molecule has 1 N–H and O–H groups in total. The molecule has 0 amide bonds. The van der Waals surface area contributed by atoms with Crippen molar-refractivity contribution in [2.75, 3.05) is 6.54 Å². The molecule has 2 bridgehead atoms. The SMILES string of the molecule is CC1CC2CC(=O)CC3(NCCCC23)C1S(=O)(=O)c1ccccc1. The lowest BCUT2D eigenvalue weighted by molar-refractivity contribution is -0.131. The first-order valence-corrected chi connectivity index (χ1v) is 10.6. The molecule has 1 aromatic carbocycles. The second-order valence-electron chi connectivity index (χ2n) is 7.89. The van der Waals surface area contributed by atoms with E-state index in [1.54, 1.807) is 24.3 Å². The van der Waals surface area contributed by atoms with Crippen molar-refractivity contribution < 1.29 is 13.2 Å². The molecule has 1 saturated heterocycles. The lowest BCUT2D eigenvalue weighted by Gasteiger charge is -2.59. The van der Waals surface area contributed by atoms with E-state index < -0.39 is 20.6 Å². The average Bonchev–Trinajstić information content (AvgIpc) is 2.54. The topological polar surface area (TPSA) is 63.2 Å². The monoisotopic (exact) mass is 347 g/mol. The largest absolute Gasteiger partial charge is 0.309 e. The predicted octanol–water partition coefficient (Wildman–Crippen LogP) is 2.59. The maximum absolute atomic E-state index is 13.5. The normalized spacial score (nSPS) is 39.3. The van der Waals surface area contributed by atoms with Crippen molar-refractivity contribution in [2.24, 2.45) is 17.8 Å². The van der Waals surface area contributed by atoms with Gasteiger partial charge in [0.1, 0.15) is 5.78 Å². The second kappa shape index (κ2) is 5.67. The zero-order chi connectivity index (χ0) is 16.9. The van der Waals surface area contributed by atoms with Gasteiger partial charge in [0.2, 0.25) is 0 Å². The minimum Gasteiger partial charge on any atom is -0.309 e. The summed E-state index contributed by atoms with van der Waals surface area (Å²) >= 11 is 0. The van der Waals surface area contributed by atoms with Gasteiger partial charge in [-0.1, -0.05) is 25.1 Å². The molecule has 1 heterocycles. The Labute approximate surface area is 143 Å². The predicted molar refractivity (Wildman–Crippen MR) is 92.4 cm³/mol. The molecule has 4 rings (SSSR count). The fraction of sp³-hybridized carbons (Fsp3) is 0.632. The number of piperidine rings is 1. The summed E-state index contributed by atoms with van der Waals surface area (Å²) in [6.07, 6.45) is 3.96. The molecule has 5 heteroatoms. The molecular weight excluding hydrogens is 322 g/mol. The van der Waals surface area contributed by atoms with E-state index in [9.17, 15) is 13.2 Å². The van der Waals surface area contributed by atoms with Crippen molar-refractivity contribution in [3.8, 4) is 0 Å². The van der Waals surface area contributed by atoms with Crippen molar-refractivity contribution in [1.29, 1.82) is 0 Å². The van der Waals surface area contributed by atoms with Gasteiger partial charge in [-0.3, -0.25) is 4.79 Å². The maximum atomic E-state index is 13.5. The van der Waals surface area contributed by atoms with E-state index >= 15 is 0 Å². The van der Waals surface area contributed by atoms with Crippen LogP contribution in [0.3, 0.4) is 0 Å². The van der Waals surface area contributed by atoms with Crippen LogP contribution in [0.5, 0.6) is 0 Å². The summed E-state index contributed by atoms with van der Waals surface area (Å²) in [5.74, 6) is 0.945. The Balaban J connectivity index is 1.85. The van der Waals surface area contributed by atoms with E-state index in [-0.39, 0.29) is 11.7 Å². The van der Waals surface area contributed by atoms with Gasteiger partial charge in [0.25, 0.3) is 0 Å². The summed E-state index contributed by atoms with van der Waals surface area (Å²) < 4.78 is 27.0. The summed E-state index contributed by atoms with van der Waals surface area (Å²) in [7, 11) is -3.48. The fourth-order valence-electron chi connectivity index (χ4n) is 5.82. The zero-order valence-corrected chi connectivity index (χ0v) is 14.9. The number of nitrogens with one attached hydrogen (secondary N) is 1. The highest BCUT2D eigenvalue weighted by Crippen LogP contribution is 2.54. The van der Waals surface area contributed by atoms with Gasteiger partial charge >= 0.3 is 0 Å². The number of sulfone groups is 1. The standard InChI is InChI=1S/C19H25NO3S/c1-13-10-14-11-15(21)12-19(17(14)8-5-9-20-19)18(13)24(22,23)16-6-3-2-4-7-16/h2-4,6-7,13-14,17-18,20H,5,8-12H2,1H3. The van der Waals surface area contributed by atoms with Crippen LogP contribution >= 0.6 is 0 Å². The van der Waals surface area contributed by atoms with Crippen LogP contribution in [-0.4, -0.2) is 31.5 Å². The molecule has 3 aliphatic rings. The highest BCUT2D eigenvalue weighted by atomic mass is 32.2. The molecule has 4 nitrogen and oxygen atoms in total. The van der Waals surface area contributed by atoms with Crippen LogP contribution < -0.4 is 5.32 Å². The first-order valence-electron chi connectivity index (χ1n) is 9.01. The Morgan fingerprint density at radius 1 is 1.21 bits per heavy atom. The van der Waals surface area contributed by atoms with Crippen molar-refractivity contribution in [3.05, 3.63) is 30.3 Å². The Morgan fingerprint density at radius 2 is 1.96 bits per heavy atom. The van der Waals surface area contributed by atoms with Crippen LogP contribution in [0, 0.1) is 17.8 Å². The number of ketones is 1. The molecule has 2 saturated carbocycles. The van der Waals surface area contributed by atoms with Gasteiger partial charge in [-0.05, 0) is 55.7 Å². The lowest BCUT2D eigenvalue weighted by atomic mass is 9.54. The van der Waals surface area contributed by atoms with Gasteiger partial charge in [0, 0.05) is 18.4 Å². The van der Waals surface area contributed by atoms with Gasteiger partial charge in [-0.25, -0.2) is 8.42 Å². The van der Waals surface area contributed by atoms with Gasteiger partial charge < -0.3 is 5.32 Å². The molecule has 24 heavy (non-hydrogen) atoms. The van der Waals surface area contributed by atoms with Crippen LogP contribution in [0.1, 0.15) is 39.0 Å². The fourth-order valence-corrected chi connectivity index (χ4v) is 8.27. The first-order chi connectivity index (χ1) is 11.4. The van der Waals surface area contributed by atoms with Crippen LogP contribution in [0.2, 0.25) is 0 Å². The van der Waals surface area contributed by atoms with Crippen molar-refractivity contribution in [1.82, 2.24) is 5.32 Å². The Hall–Kier alpha value is -1.20. The Morgan fingerprint density at radius 3 is 2.71 bits per heavy atom. The molecule has 5 atom stereocenters. The molecule has 3 fully saturated rings. The molecular formula is C19H25NO3S. The molecule has 0 radical (unpaired) electrons. The van der Waals surface area contributed by atoms with Gasteiger partial charge in [0.15, 0.2) is 9.84 Å². The molecule has 5 unspecified atom stereocenters. The Kier molecular flexibility index (Phi) is 3.84. The van der Waals surface area contributed by atoms with Crippen LogP contribution in [-0.2, 0) is 14.6 Å². The number of carbonyl (C=O) groups excluding carboxylic acids is 1. The first kappa shape index (κ1) is 16.3. The summed E-state index contributed by atoms with van der Waals surface area (Å²) in [6.45, 7) is 2.87. The Bertz CT molecular complexity index is 745. The average molecular weight is 347 g/mol. The van der Waals surface area contributed by atoms with Gasteiger partial charge in [-0.15, -0.1) is 0 Å². The highest BCUT2D eigenvalue weighted by Gasteiger charge is 2.62. The summed E-state index contributed by atoms with van der Waals surface area (Å²) in [6, 6.07) is 8.77. The molecule has 1 aliphatic heterocycles. The van der Waals surface area contributed by atoms with E-state index in [4.69, 9.17) is 0 Å². The van der Waals surface area contributed by atoms with Gasteiger partial charge in [-0.2, -0.15) is 0 Å². The molecule has 2 aliphatic carbocycles. The molecule has 0 aromatic heterocycles. The summed E-state index contributed by atoms with van der Waals surface area (Å²) in [4.78, 5) is 12.8. The number of benzene rings is 1. The quantitative estimate of drug-likeness (QED) is 0.893. The second-order valence-corrected chi connectivity index (χ2v) is 9.96. The van der Waals surface area contributed by atoms with Crippen LogP contribution in [0.25, 0.3) is 0 Å². The van der Waals surface area contributed by atoms with Gasteiger partial charge in [0.05, 0.1) is 10.1 Å². The molecule has 130 valence electrons. The van der Waals surface area contributed by atoms with Crippen molar-refractivity contribution in [2.45, 2.75) is 54.7 Å². The summed E-state index contributed by atoms with van der Waals surface area (Å²) in [5, 5.41) is 3.04. The minimum absolute atomic E-state index is 0.0650. The zero-order valence-electron chi connectivity index (χ0n) is 14.1. The van der Waals surface area contributed by atoms with E-state index in [0.29, 0.717) is 29.6 Å². The van der Waals surface area contributed by atoms with Crippen molar-refractivity contribution in [3.63, 3.8) is 0 Å². The number of hydrogen-bond donors (Lipinski definition) is 1. The van der Waals surface area contributed by atoms with Crippen molar-refractivity contribution >= 4 is 15.6 Å². The number of rotatable bonds is 2. The third-order valence-corrected chi connectivity index (χ3v) is 8.94.